The highest BCUT2D eigenvalue weighted by atomic mass is 32.2. The van der Waals surface area contributed by atoms with E-state index < -0.39 is 0 Å². The standard InChI is InChI=1S/C20H24N2O3S/c1-14-7-9-16(10-8-14)20-22(18(23)15(2)26-20)12-5-11-21(3)19(24)17-6-4-13-25-17/h4,6-10,13,15,20H,5,11-12H2,1-3H3/t15-,20+/m1/s1. The fraction of sp³-hybridized carbons (Fsp3) is 0.400. The predicted octanol–water partition coefficient (Wildman–Crippen LogP) is 3.71. The molecule has 0 unspecified atom stereocenters. The lowest BCUT2D eigenvalue weighted by Crippen LogP contribution is -2.34. The van der Waals surface area contributed by atoms with E-state index in [1.165, 1.54) is 11.8 Å². The normalized spacial score (nSPS) is 19.8. The number of benzene rings is 1. The van der Waals surface area contributed by atoms with Crippen molar-refractivity contribution >= 4 is 23.6 Å². The van der Waals surface area contributed by atoms with Crippen LogP contribution in [0, 0.1) is 6.92 Å². The summed E-state index contributed by atoms with van der Waals surface area (Å²) in [5.74, 6) is 0.368. The quantitative estimate of drug-likeness (QED) is 0.776. The summed E-state index contributed by atoms with van der Waals surface area (Å²) < 4.78 is 5.15. The first kappa shape index (κ1) is 18.6. The summed E-state index contributed by atoms with van der Waals surface area (Å²) in [6.07, 6.45) is 2.22. The van der Waals surface area contributed by atoms with Gasteiger partial charge in [-0.05, 0) is 38.0 Å². The summed E-state index contributed by atoms with van der Waals surface area (Å²) in [5, 5.41) is 0.00737. The Morgan fingerprint density at radius 3 is 2.65 bits per heavy atom. The summed E-state index contributed by atoms with van der Waals surface area (Å²) in [5.41, 5.74) is 2.36. The number of hydrogen-bond acceptors (Lipinski definition) is 4. The van der Waals surface area contributed by atoms with Gasteiger partial charge < -0.3 is 14.2 Å². The molecular formula is C20H24N2O3S. The molecule has 2 amide bonds. The highest BCUT2D eigenvalue weighted by Crippen LogP contribution is 2.42. The summed E-state index contributed by atoms with van der Waals surface area (Å²) in [4.78, 5) is 28.3. The van der Waals surface area contributed by atoms with E-state index in [0.29, 0.717) is 18.8 Å². The molecule has 26 heavy (non-hydrogen) atoms. The van der Waals surface area contributed by atoms with Gasteiger partial charge in [-0.25, -0.2) is 0 Å². The number of amides is 2. The average Bonchev–Trinajstić information content (AvgIpc) is 3.26. The second-order valence-electron chi connectivity index (χ2n) is 6.63. The third-order valence-corrected chi connectivity index (χ3v) is 5.97. The SMILES string of the molecule is Cc1ccc([C@@H]2S[C@H](C)C(=O)N2CCCN(C)C(=O)c2ccco2)cc1. The van der Waals surface area contributed by atoms with Gasteiger partial charge in [0.2, 0.25) is 5.91 Å². The number of carbonyl (C=O) groups is 2. The molecule has 1 aliphatic rings. The van der Waals surface area contributed by atoms with Crippen LogP contribution in [0.15, 0.2) is 47.1 Å². The lowest BCUT2D eigenvalue weighted by atomic mass is 10.1. The van der Waals surface area contributed by atoms with Crippen LogP contribution in [0.4, 0.5) is 0 Å². The summed E-state index contributed by atoms with van der Waals surface area (Å²) in [7, 11) is 1.76. The van der Waals surface area contributed by atoms with Gasteiger partial charge in [0, 0.05) is 20.1 Å². The number of hydrogen-bond donors (Lipinski definition) is 0. The van der Waals surface area contributed by atoms with Crippen LogP contribution in [0.1, 0.15) is 40.4 Å². The Balaban J connectivity index is 1.60. The van der Waals surface area contributed by atoms with Gasteiger partial charge in [0.05, 0.1) is 11.5 Å². The van der Waals surface area contributed by atoms with E-state index in [2.05, 4.69) is 31.2 Å². The molecule has 0 bridgehead atoms. The molecule has 2 heterocycles. The summed E-state index contributed by atoms with van der Waals surface area (Å²) >= 11 is 1.68. The van der Waals surface area contributed by atoms with Gasteiger partial charge in [-0.3, -0.25) is 9.59 Å². The molecule has 1 aliphatic heterocycles. The van der Waals surface area contributed by atoms with Crippen molar-refractivity contribution in [3.8, 4) is 0 Å². The predicted molar refractivity (Wildman–Crippen MR) is 103 cm³/mol. The molecule has 1 fully saturated rings. The molecular weight excluding hydrogens is 348 g/mol. The molecule has 3 rings (SSSR count). The molecule has 1 saturated heterocycles. The fourth-order valence-electron chi connectivity index (χ4n) is 3.06. The van der Waals surface area contributed by atoms with Crippen molar-refractivity contribution in [2.45, 2.75) is 30.9 Å². The maximum atomic E-state index is 12.6. The molecule has 1 aromatic heterocycles. The molecule has 0 spiro atoms. The minimum atomic E-state index is -0.138. The van der Waals surface area contributed by atoms with E-state index in [-0.39, 0.29) is 22.4 Å². The van der Waals surface area contributed by atoms with E-state index in [9.17, 15) is 9.59 Å². The largest absolute Gasteiger partial charge is 0.459 e. The van der Waals surface area contributed by atoms with Gasteiger partial charge in [-0.1, -0.05) is 29.8 Å². The second-order valence-corrected chi connectivity index (χ2v) is 8.06. The summed E-state index contributed by atoms with van der Waals surface area (Å²) in [6.45, 7) is 5.22. The van der Waals surface area contributed by atoms with Crippen molar-refractivity contribution in [2.75, 3.05) is 20.1 Å². The molecule has 138 valence electrons. The van der Waals surface area contributed by atoms with Crippen LogP contribution >= 0.6 is 11.8 Å². The van der Waals surface area contributed by atoms with Crippen molar-refractivity contribution in [1.82, 2.24) is 9.80 Å². The zero-order valence-corrected chi connectivity index (χ0v) is 16.2. The maximum Gasteiger partial charge on any atom is 0.289 e. The minimum absolute atomic E-state index is 0.0382. The molecule has 2 atom stereocenters. The van der Waals surface area contributed by atoms with Crippen molar-refractivity contribution in [2.24, 2.45) is 0 Å². The van der Waals surface area contributed by atoms with Crippen LogP contribution in [0.25, 0.3) is 0 Å². The Morgan fingerprint density at radius 2 is 2.00 bits per heavy atom. The molecule has 2 aromatic rings. The zero-order valence-electron chi connectivity index (χ0n) is 15.3. The topological polar surface area (TPSA) is 53.8 Å². The Morgan fingerprint density at radius 1 is 1.27 bits per heavy atom. The smallest absolute Gasteiger partial charge is 0.289 e. The lowest BCUT2D eigenvalue weighted by Gasteiger charge is -2.25. The number of rotatable bonds is 6. The van der Waals surface area contributed by atoms with E-state index in [4.69, 9.17) is 4.42 Å². The van der Waals surface area contributed by atoms with Gasteiger partial charge in [0.25, 0.3) is 5.91 Å². The van der Waals surface area contributed by atoms with Gasteiger partial charge in [-0.2, -0.15) is 0 Å². The first-order valence-electron chi connectivity index (χ1n) is 8.79. The lowest BCUT2D eigenvalue weighted by molar-refractivity contribution is -0.129. The monoisotopic (exact) mass is 372 g/mol. The van der Waals surface area contributed by atoms with Crippen molar-refractivity contribution in [3.63, 3.8) is 0 Å². The first-order chi connectivity index (χ1) is 12.5. The Labute approximate surface area is 158 Å². The molecule has 6 heteroatoms. The van der Waals surface area contributed by atoms with Crippen LogP contribution in [0.5, 0.6) is 0 Å². The van der Waals surface area contributed by atoms with E-state index in [1.807, 2.05) is 11.8 Å². The fourth-order valence-corrected chi connectivity index (χ4v) is 4.37. The first-order valence-corrected chi connectivity index (χ1v) is 9.73. The van der Waals surface area contributed by atoms with E-state index in [0.717, 1.165) is 12.0 Å². The van der Waals surface area contributed by atoms with E-state index in [1.54, 1.807) is 35.8 Å². The highest BCUT2D eigenvalue weighted by Gasteiger charge is 2.38. The minimum Gasteiger partial charge on any atom is -0.459 e. The molecule has 0 N–H and O–H groups in total. The maximum absolute atomic E-state index is 12.6. The number of furan rings is 1. The van der Waals surface area contributed by atoms with E-state index >= 15 is 0 Å². The van der Waals surface area contributed by atoms with Crippen LogP contribution in [0.3, 0.4) is 0 Å². The highest BCUT2D eigenvalue weighted by molar-refractivity contribution is 8.01. The van der Waals surface area contributed by atoms with Crippen LogP contribution in [-0.2, 0) is 4.79 Å². The third kappa shape index (κ3) is 3.96. The Bertz CT molecular complexity index is 758. The van der Waals surface area contributed by atoms with Crippen LogP contribution in [-0.4, -0.2) is 47.0 Å². The van der Waals surface area contributed by atoms with Crippen molar-refractivity contribution < 1.29 is 14.0 Å². The molecule has 0 aliphatic carbocycles. The van der Waals surface area contributed by atoms with Gasteiger partial charge in [-0.15, -0.1) is 11.8 Å². The van der Waals surface area contributed by atoms with Gasteiger partial charge >= 0.3 is 0 Å². The van der Waals surface area contributed by atoms with Crippen LogP contribution < -0.4 is 0 Å². The van der Waals surface area contributed by atoms with Gasteiger partial charge in [0.1, 0.15) is 5.37 Å². The Hall–Kier alpha value is -2.21. The van der Waals surface area contributed by atoms with Crippen molar-refractivity contribution in [3.05, 3.63) is 59.5 Å². The van der Waals surface area contributed by atoms with Gasteiger partial charge in [0.15, 0.2) is 5.76 Å². The second kappa shape index (κ2) is 7.99. The van der Waals surface area contributed by atoms with Crippen LogP contribution in [0.2, 0.25) is 0 Å². The molecule has 5 nitrogen and oxygen atoms in total. The third-order valence-electron chi connectivity index (χ3n) is 4.58. The number of aryl methyl sites for hydroxylation is 1. The molecule has 0 radical (unpaired) electrons. The Kier molecular flexibility index (Phi) is 5.71. The molecule has 1 aromatic carbocycles. The number of thioether (sulfide) groups is 1. The average molecular weight is 372 g/mol. The van der Waals surface area contributed by atoms with Crippen molar-refractivity contribution in [1.29, 1.82) is 0 Å². The molecule has 0 saturated carbocycles. The zero-order chi connectivity index (χ0) is 18.7. The number of carbonyl (C=O) groups excluding carboxylic acids is 2. The number of nitrogens with zero attached hydrogens (tertiary/aromatic N) is 2. The summed E-state index contributed by atoms with van der Waals surface area (Å²) in [6, 6.07) is 11.7.